The third-order valence-electron chi connectivity index (χ3n) is 2.60. The van der Waals surface area contributed by atoms with Crippen LogP contribution in [-0.4, -0.2) is 25.1 Å². The van der Waals surface area contributed by atoms with E-state index >= 15 is 0 Å². The minimum absolute atomic E-state index is 0.264. The number of nitrogens with zero attached hydrogens (tertiary/aromatic N) is 5. The molecule has 0 spiro atoms. The maximum atomic E-state index is 13.0. The molecule has 2 aromatic carbocycles. The molecule has 127 valence electrons. The van der Waals surface area contributed by atoms with Gasteiger partial charge in [-0.3, -0.25) is 0 Å². The summed E-state index contributed by atoms with van der Waals surface area (Å²) >= 11 is 11.7. The van der Waals surface area contributed by atoms with Crippen molar-refractivity contribution in [2.45, 2.75) is 0 Å². The number of fused-ring (bicyclic) bond motifs is 2. The zero-order valence-electron chi connectivity index (χ0n) is 11.9. The number of benzene rings is 2. The fourth-order valence-corrected chi connectivity index (χ4v) is 3.79. The van der Waals surface area contributed by atoms with Crippen molar-refractivity contribution in [2.75, 3.05) is 0 Å². The van der Waals surface area contributed by atoms with Crippen LogP contribution in [0.15, 0.2) is 37.5 Å². The Morgan fingerprint density at radius 2 is 1.56 bits per heavy atom. The Balaban J connectivity index is 0.000000158. The fourth-order valence-electron chi connectivity index (χ4n) is 1.60. The molecule has 0 N–H and O–H groups in total. The average molecular weight is 524 g/mol. The number of rotatable bonds is 0. The first kappa shape index (κ1) is 20.4. The van der Waals surface area contributed by atoms with Crippen LogP contribution in [0, 0.1) is 11.6 Å². The zero-order valence-corrected chi connectivity index (χ0v) is 17.6. The molecule has 0 saturated heterocycles. The first-order chi connectivity index (χ1) is 12.0. The van der Waals surface area contributed by atoms with Gasteiger partial charge in [0.25, 0.3) is 0 Å². The summed E-state index contributed by atoms with van der Waals surface area (Å²) in [6.45, 7) is 0. The Hall–Kier alpha value is -0.885. The number of halogens is 4. The zero-order chi connectivity index (χ0) is 18.4. The number of thiol groups is 1. The molecule has 0 bridgehead atoms. The van der Waals surface area contributed by atoms with E-state index < -0.39 is 0 Å². The Morgan fingerprint density at radius 3 is 2.28 bits per heavy atom. The van der Waals surface area contributed by atoms with Crippen molar-refractivity contribution in [2.24, 2.45) is 4.30 Å². The van der Waals surface area contributed by atoms with Crippen LogP contribution in [0.3, 0.4) is 0 Å². The molecule has 1 radical (unpaired) electrons. The van der Waals surface area contributed by atoms with Gasteiger partial charge in [0.1, 0.15) is 33.7 Å². The van der Waals surface area contributed by atoms with Crippen molar-refractivity contribution in [3.8, 4) is 0 Å². The van der Waals surface area contributed by atoms with Gasteiger partial charge in [0.2, 0.25) is 0 Å². The van der Waals surface area contributed by atoms with Gasteiger partial charge < -0.3 is 0 Å². The third kappa shape index (κ3) is 5.30. The molecule has 2 aromatic heterocycles. The van der Waals surface area contributed by atoms with Gasteiger partial charge in [0.15, 0.2) is 0 Å². The van der Waals surface area contributed by atoms with Gasteiger partial charge in [-0.15, -0.1) is 0 Å². The van der Waals surface area contributed by atoms with Gasteiger partial charge in [0.05, 0.1) is 27.9 Å². The molecule has 0 unspecified atom stereocenters. The average Bonchev–Trinajstić information content (AvgIpc) is 3.23. The summed E-state index contributed by atoms with van der Waals surface area (Å²) in [6.07, 6.45) is 0. The Morgan fingerprint density at radius 1 is 0.960 bits per heavy atom. The Bertz CT molecular complexity index is 1010. The topological polar surface area (TPSA) is 63.9 Å². The summed E-state index contributed by atoms with van der Waals surface area (Å²) in [5.74, 6) is -0.595. The van der Waals surface area contributed by atoms with Crippen LogP contribution >= 0.6 is 68.1 Å². The van der Waals surface area contributed by atoms with E-state index in [-0.39, 0.29) is 11.6 Å². The van der Waals surface area contributed by atoms with E-state index in [4.69, 9.17) is 0 Å². The predicted molar refractivity (Wildman–Crippen MR) is 107 cm³/mol. The summed E-state index contributed by atoms with van der Waals surface area (Å²) in [6, 6.07) is 5.74. The first-order valence-electron chi connectivity index (χ1n) is 6.15. The Kier molecular flexibility index (Phi) is 7.94. The van der Waals surface area contributed by atoms with Crippen molar-refractivity contribution >= 4 is 97.8 Å². The quantitative estimate of drug-likeness (QED) is 0.191. The van der Waals surface area contributed by atoms with E-state index in [1.54, 1.807) is 6.07 Å². The van der Waals surface area contributed by atoms with Gasteiger partial charge in [-0.05, 0) is 50.1 Å². The molecule has 0 aliphatic carbocycles. The molecular formula is C12H5BBr2F2N5S3. The first-order valence-corrected chi connectivity index (χ1v) is 9.60. The summed E-state index contributed by atoms with van der Waals surface area (Å²) in [7, 11) is 4.34. The fraction of sp³-hybridized carbons (Fsp3) is 0. The van der Waals surface area contributed by atoms with E-state index in [0.29, 0.717) is 25.5 Å². The molecule has 0 fully saturated rings. The molecule has 2 heterocycles. The van der Waals surface area contributed by atoms with E-state index in [0.717, 1.165) is 29.0 Å². The van der Waals surface area contributed by atoms with Gasteiger partial charge in [0, 0.05) is 10.5 Å². The summed E-state index contributed by atoms with van der Waals surface area (Å²) in [4.78, 5) is 0. The molecular weight excluding hydrogens is 519 g/mol. The SMILES string of the molecule is Fc1cc(Br)c2nsnc2c1Br.Fc1ccc2nsnc2c1.[B]=NS. The maximum absolute atomic E-state index is 13.0. The van der Waals surface area contributed by atoms with E-state index in [9.17, 15) is 8.78 Å². The minimum atomic E-state index is -0.331. The molecule has 5 nitrogen and oxygen atoms in total. The van der Waals surface area contributed by atoms with Crippen molar-refractivity contribution in [3.63, 3.8) is 0 Å². The second kappa shape index (κ2) is 9.71. The van der Waals surface area contributed by atoms with E-state index in [1.807, 2.05) is 0 Å². The molecule has 0 aliphatic heterocycles. The van der Waals surface area contributed by atoms with Crippen LogP contribution in [-0.2, 0) is 0 Å². The molecule has 0 amide bonds. The van der Waals surface area contributed by atoms with Crippen LogP contribution in [0.25, 0.3) is 22.1 Å². The van der Waals surface area contributed by atoms with Crippen LogP contribution in [0.4, 0.5) is 8.78 Å². The monoisotopic (exact) mass is 522 g/mol. The third-order valence-corrected chi connectivity index (χ3v) is 5.05. The van der Waals surface area contributed by atoms with Gasteiger partial charge in [-0.1, -0.05) is 0 Å². The molecule has 4 rings (SSSR count). The van der Waals surface area contributed by atoms with Crippen molar-refractivity contribution in [1.82, 2.24) is 17.5 Å². The summed E-state index contributed by atoms with van der Waals surface area (Å²) < 4.78 is 44.9. The van der Waals surface area contributed by atoms with E-state index in [1.165, 1.54) is 18.2 Å². The second-order valence-corrected chi connectivity index (χ2v) is 7.06. The number of hydrogen-bond donors (Lipinski definition) is 1. The van der Waals surface area contributed by atoms with Crippen molar-refractivity contribution in [3.05, 3.63) is 44.8 Å². The van der Waals surface area contributed by atoms with Crippen LogP contribution in [0.2, 0.25) is 0 Å². The molecule has 4 aromatic rings. The van der Waals surface area contributed by atoms with Crippen molar-refractivity contribution in [1.29, 1.82) is 0 Å². The number of aromatic nitrogens is 4. The van der Waals surface area contributed by atoms with Crippen LogP contribution in [0.1, 0.15) is 0 Å². The molecule has 13 heteroatoms. The predicted octanol–water partition coefficient (Wildman–Crippen LogP) is 5.37. The van der Waals surface area contributed by atoms with Crippen LogP contribution < -0.4 is 0 Å². The van der Waals surface area contributed by atoms with Crippen molar-refractivity contribution < 1.29 is 8.78 Å². The number of hydrogen-bond acceptors (Lipinski definition) is 8. The van der Waals surface area contributed by atoms with Gasteiger partial charge in [-0.25, -0.2) is 8.78 Å². The molecule has 0 saturated carbocycles. The Labute approximate surface area is 172 Å². The summed E-state index contributed by atoms with van der Waals surface area (Å²) in [5, 5.41) is 0. The molecule has 0 aliphatic rings. The van der Waals surface area contributed by atoms with Gasteiger partial charge in [-0.2, -0.15) is 17.5 Å². The van der Waals surface area contributed by atoms with Gasteiger partial charge >= 0.3 is 24.8 Å². The summed E-state index contributed by atoms with van der Waals surface area (Å²) in [5.41, 5.74) is 2.64. The normalized spacial score (nSPS) is 9.92. The standard InChI is InChI=1S/C6HBr2FN2S.C6H3FN2S.BHNS/c7-2-1-3(9)4(8)6-5(2)10-12-11-6;7-4-1-2-5-6(3-4)9-10-8-5;1-2-3/h1H;1-3H;3H. The second-order valence-electron chi connectivity index (χ2n) is 4.13. The van der Waals surface area contributed by atoms with Crippen LogP contribution in [0.5, 0.6) is 0 Å². The molecule has 25 heavy (non-hydrogen) atoms. The van der Waals surface area contributed by atoms with E-state index in [2.05, 4.69) is 74.1 Å². The molecule has 0 atom stereocenters.